The third-order valence-electron chi connectivity index (χ3n) is 6.44. The van der Waals surface area contributed by atoms with Gasteiger partial charge in [-0.15, -0.1) is 12.4 Å². The number of hydrogen-bond acceptors (Lipinski definition) is 7. The van der Waals surface area contributed by atoms with Gasteiger partial charge >= 0.3 is 5.97 Å². The first-order valence-electron chi connectivity index (χ1n) is 10.6. The molecule has 1 N–H and O–H groups in total. The molecular weight excluding hydrogens is 449 g/mol. The molecule has 0 unspecified atom stereocenters. The molecule has 1 saturated heterocycles. The number of fused-ring (bicyclic) bond motifs is 1. The van der Waals surface area contributed by atoms with Gasteiger partial charge in [0.15, 0.2) is 11.5 Å². The number of ketones is 1. The van der Waals surface area contributed by atoms with Crippen LogP contribution >= 0.6 is 12.4 Å². The topological polar surface area (TPSA) is 104 Å². The third kappa shape index (κ3) is 5.06. The number of piperidine rings is 1. The van der Waals surface area contributed by atoms with Gasteiger partial charge in [0.25, 0.3) is 0 Å². The number of pyridine rings is 1. The summed E-state index contributed by atoms with van der Waals surface area (Å²) >= 11 is 0. The fourth-order valence-corrected chi connectivity index (χ4v) is 4.36. The van der Waals surface area contributed by atoms with Crippen molar-refractivity contribution in [2.45, 2.75) is 44.6 Å². The van der Waals surface area contributed by atoms with Crippen LogP contribution in [0.5, 0.6) is 0 Å². The zero-order chi connectivity index (χ0) is 22.9. The first-order valence-corrected chi connectivity index (χ1v) is 10.6. The molecule has 0 saturated carbocycles. The summed E-state index contributed by atoms with van der Waals surface area (Å²) in [6, 6.07) is 8.51. The lowest BCUT2D eigenvalue weighted by Crippen LogP contribution is -2.48. The Labute approximate surface area is 197 Å². The Kier molecular flexibility index (Phi) is 7.48. The van der Waals surface area contributed by atoms with Crippen LogP contribution in [0.15, 0.2) is 30.5 Å². The summed E-state index contributed by atoms with van der Waals surface area (Å²) in [6.45, 7) is 3.09. The van der Waals surface area contributed by atoms with Crippen LogP contribution in [0.2, 0.25) is 0 Å². The number of Topliss-reactive ketones (excluding diaryl/α,β-unsaturated/α-hetero) is 1. The molecule has 2 aliphatic rings. The second kappa shape index (κ2) is 9.96. The number of alkyl halides is 1. The molecular formula is C24H25ClFN3O4. The SMILES string of the molecule is Cc1c([C@@H](O)CN2CCC(F)(C(=O)Cc3ccc(C#N)cn3)CC2)ccc2c1COC2=O.Cl. The molecule has 7 nitrogen and oxygen atoms in total. The van der Waals surface area contributed by atoms with Crippen LogP contribution in [0.25, 0.3) is 0 Å². The Balaban J connectivity index is 0.00000306. The van der Waals surface area contributed by atoms with Crippen LogP contribution in [0.1, 0.15) is 57.3 Å². The molecule has 33 heavy (non-hydrogen) atoms. The number of cyclic esters (lactones) is 1. The number of esters is 1. The summed E-state index contributed by atoms with van der Waals surface area (Å²) in [6.07, 6.45) is 0.586. The average molecular weight is 474 g/mol. The summed E-state index contributed by atoms with van der Waals surface area (Å²) in [7, 11) is 0. The maximum Gasteiger partial charge on any atom is 0.338 e. The quantitative estimate of drug-likeness (QED) is 0.643. The van der Waals surface area contributed by atoms with Gasteiger partial charge in [-0.2, -0.15) is 5.26 Å². The van der Waals surface area contributed by atoms with Gasteiger partial charge in [0, 0.05) is 49.9 Å². The average Bonchev–Trinajstić information content (AvgIpc) is 3.17. The van der Waals surface area contributed by atoms with Gasteiger partial charge in [-0.1, -0.05) is 6.07 Å². The standard InChI is InChI=1S/C24H24FN3O4.ClH/c1-15-18(4-5-19-20(15)14-32-23(19)31)21(29)13-28-8-6-24(25,7-9-28)22(30)10-17-3-2-16(11-26)12-27-17;/h2-5,12,21,29H,6-10,13-14H2,1H3;1H/t21-;/m0./s1. The lowest BCUT2D eigenvalue weighted by molar-refractivity contribution is -0.133. The molecule has 0 bridgehead atoms. The van der Waals surface area contributed by atoms with Crippen LogP contribution in [0, 0.1) is 18.3 Å². The van der Waals surface area contributed by atoms with Crippen molar-refractivity contribution < 1.29 is 23.8 Å². The summed E-state index contributed by atoms with van der Waals surface area (Å²) in [5.41, 5.74) is 1.81. The number of carbonyl (C=O) groups is 2. The van der Waals surface area contributed by atoms with E-state index in [1.54, 1.807) is 24.3 Å². The summed E-state index contributed by atoms with van der Waals surface area (Å²) < 4.78 is 20.4. The number of β-amino-alcohol motifs (C(OH)–C–C–N with tert-alkyl or cyclic N) is 1. The molecule has 9 heteroatoms. The van der Waals surface area contributed by atoms with Crippen LogP contribution in [-0.2, 0) is 22.6 Å². The highest BCUT2D eigenvalue weighted by atomic mass is 35.5. The van der Waals surface area contributed by atoms with Crippen LogP contribution in [-0.4, -0.2) is 52.0 Å². The van der Waals surface area contributed by atoms with Gasteiger partial charge in [-0.3, -0.25) is 9.78 Å². The minimum atomic E-state index is -1.92. The van der Waals surface area contributed by atoms with Crippen molar-refractivity contribution >= 4 is 24.2 Å². The molecule has 1 aromatic heterocycles. The number of rotatable bonds is 6. The van der Waals surface area contributed by atoms with E-state index < -0.39 is 17.6 Å². The monoisotopic (exact) mass is 473 g/mol. The molecule has 1 atom stereocenters. The van der Waals surface area contributed by atoms with Gasteiger partial charge in [0.2, 0.25) is 0 Å². The molecule has 1 fully saturated rings. The van der Waals surface area contributed by atoms with Crippen molar-refractivity contribution in [3.8, 4) is 6.07 Å². The van der Waals surface area contributed by atoms with E-state index in [2.05, 4.69) is 4.98 Å². The molecule has 0 radical (unpaired) electrons. The highest BCUT2D eigenvalue weighted by Crippen LogP contribution is 2.32. The zero-order valence-corrected chi connectivity index (χ0v) is 19.0. The van der Waals surface area contributed by atoms with Crippen LogP contribution in [0.3, 0.4) is 0 Å². The number of aromatic nitrogens is 1. The smallest absolute Gasteiger partial charge is 0.338 e. The maximum absolute atomic E-state index is 15.3. The molecule has 4 rings (SSSR count). The highest BCUT2D eigenvalue weighted by molar-refractivity contribution is 5.94. The van der Waals surface area contributed by atoms with Gasteiger partial charge in [0.05, 0.1) is 23.7 Å². The molecule has 2 aliphatic heterocycles. The number of halogens is 2. The van der Waals surface area contributed by atoms with Crippen molar-refractivity contribution in [1.82, 2.24) is 9.88 Å². The minimum Gasteiger partial charge on any atom is -0.457 e. The molecule has 0 aliphatic carbocycles. The molecule has 1 aromatic carbocycles. The summed E-state index contributed by atoms with van der Waals surface area (Å²) in [5.74, 6) is -0.852. The van der Waals surface area contributed by atoms with Crippen molar-refractivity contribution in [1.29, 1.82) is 5.26 Å². The fraction of sp³-hybridized carbons (Fsp3) is 0.417. The minimum absolute atomic E-state index is 0. The third-order valence-corrected chi connectivity index (χ3v) is 6.44. The van der Waals surface area contributed by atoms with E-state index >= 15 is 4.39 Å². The van der Waals surface area contributed by atoms with E-state index in [1.165, 1.54) is 6.20 Å². The highest BCUT2D eigenvalue weighted by Gasteiger charge is 2.41. The van der Waals surface area contributed by atoms with Crippen molar-refractivity contribution in [2.24, 2.45) is 0 Å². The number of likely N-dealkylation sites (tertiary alicyclic amines) is 1. The zero-order valence-electron chi connectivity index (χ0n) is 18.2. The van der Waals surface area contributed by atoms with Crippen molar-refractivity contribution in [2.75, 3.05) is 19.6 Å². The summed E-state index contributed by atoms with van der Waals surface area (Å²) in [5, 5.41) is 19.6. The molecule has 2 aromatic rings. The van der Waals surface area contributed by atoms with E-state index in [1.807, 2.05) is 17.9 Å². The number of ether oxygens (including phenoxy) is 1. The first-order chi connectivity index (χ1) is 15.3. The lowest BCUT2D eigenvalue weighted by atomic mass is 9.86. The van der Waals surface area contributed by atoms with Crippen molar-refractivity contribution in [3.63, 3.8) is 0 Å². The number of benzene rings is 1. The predicted molar refractivity (Wildman–Crippen MR) is 120 cm³/mol. The predicted octanol–water partition coefficient (Wildman–Crippen LogP) is 3.00. The second-order valence-electron chi connectivity index (χ2n) is 8.41. The van der Waals surface area contributed by atoms with Gasteiger partial charge < -0.3 is 14.7 Å². The lowest BCUT2D eigenvalue weighted by Gasteiger charge is -2.36. The van der Waals surface area contributed by atoms with Gasteiger partial charge in [0.1, 0.15) is 12.7 Å². The molecule has 174 valence electrons. The normalized spacial score (nSPS) is 17.9. The van der Waals surface area contributed by atoms with E-state index in [0.29, 0.717) is 36.5 Å². The summed E-state index contributed by atoms with van der Waals surface area (Å²) in [4.78, 5) is 30.3. The van der Waals surface area contributed by atoms with E-state index in [0.717, 1.165) is 16.7 Å². The Morgan fingerprint density at radius 1 is 1.33 bits per heavy atom. The molecule has 0 amide bonds. The van der Waals surface area contributed by atoms with E-state index in [-0.39, 0.29) is 44.2 Å². The Morgan fingerprint density at radius 3 is 2.70 bits per heavy atom. The second-order valence-corrected chi connectivity index (χ2v) is 8.41. The van der Waals surface area contributed by atoms with Crippen LogP contribution in [0.4, 0.5) is 4.39 Å². The van der Waals surface area contributed by atoms with E-state index in [4.69, 9.17) is 10.00 Å². The van der Waals surface area contributed by atoms with Gasteiger partial charge in [-0.05, 0) is 36.2 Å². The fourth-order valence-electron chi connectivity index (χ4n) is 4.36. The Bertz CT molecular complexity index is 1090. The largest absolute Gasteiger partial charge is 0.457 e. The maximum atomic E-state index is 15.3. The number of hydrogen-bond donors (Lipinski definition) is 1. The Morgan fingerprint density at radius 2 is 2.06 bits per heavy atom. The van der Waals surface area contributed by atoms with Gasteiger partial charge in [-0.25, -0.2) is 9.18 Å². The number of carbonyl (C=O) groups excluding carboxylic acids is 2. The Hall–Kier alpha value is -2.86. The number of nitrogens with zero attached hydrogens (tertiary/aromatic N) is 3. The number of aliphatic hydroxyl groups is 1. The van der Waals surface area contributed by atoms with Crippen molar-refractivity contribution in [3.05, 3.63) is 64.0 Å². The van der Waals surface area contributed by atoms with Crippen LogP contribution < -0.4 is 0 Å². The number of aliphatic hydroxyl groups excluding tert-OH is 1. The first kappa shape index (κ1) is 24.8. The van der Waals surface area contributed by atoms with E-state index in [9.17, 15) is 14.7 Å². The molecule has 0 spiro atoms. The molecule has 3 heterocycles. The number of nitriles is 1.